The van der Waals surface area contributed by atoms with Crippen molar-refractivity contribution in [2.75, 3.05) is 0 Å². The highest BCUT2D eigenvalue weighted by atomic mass is 19.1. The number of hydrogen-bond acceptors (Lipinski definition) is 4. The molecule has 1 N–H and O–H groups in total. The fourth-order valence-electron chi connectivity index (χ4n) is 2.52. The lowest BCUT2D eigenvalue weighted by Crippen LogP contribution is -2.17. The number of benzene rings is 1. The number of aromatic amines is 1. The summed E-state index contributed by atoms with van der Waals surface area (Å²) in [6.45, 7) is 2.94. The quantitative estimate of drug-likeness (QED) is 0.745. The summed E-state index contributed by atoms with van der Waals surface area (Å²) in [5.41, 5.74) is 0.847. The number of aromatic nitrogens is 3. The van der Waals surface area contributed by atoms with E-state index in [1.54, 1.807) is 18.2 Å². The topological polar surface area (TPSA) is 91.5 Å². The molecular weight excluding hydrogens is 323 g/mol. The molecule has 124 valence electrons. The Morgan fingerprint density at radius 2 is 2.04 bits per heavy atom. The molecule has 0 bridgehead atoms. The fourth-order valence-corrected chi connectivity index (χ4v) is 2.52. The Bertz CT molecular complexity index is 1070. The summed E-state index contributed by atoms with van der Waals surface area (Å²) in [5.74, 6) is -0.452. The van der Waals surface area contributed by atoms with Gasteiger partial charge in [0.2, 0.25) is 0 Å². The summed E-state index contributed by atoms with van der Waals surface area (Å²) in [6, 6.07) is 7.77. The molecule has 2 heterocycles. The summed E-state index contributed by atoms with van der Waals surface area (Å²) >= 11 is 0. The number of ketones is 1. The van der Waals surface area contributed by atoms with E-state index in [1.165, 1.54) is 43.1 Å². The molecule has 3 aromatic rings. The normalized spacial score (nSPS) is 10.5. The van der Waals surface area contributed by atoms with Crippen molar-refractivity contribution in [1.82, 2.24) is 14.8 Å². The first-order valence-corrected chi connectivity index (χ1v) is 7.41. The number of carbonyl (C=O) groups is 1. The van der Waals surface area contributed by atoms with Crippen molar-refractivity contribution in [2.45, 2.75) is 13.8 Å². The maximum atomic E-state index is 14.1. The molecule has 0 amide bonds. The number of halogens is 1. The van der Waals surface area contributed by atoms with Crippen molar-refractivity contribution in [3.63, 3.8) is 0 Å². The second kappa shape index (κ2) is 6.17. The third kappa shape index (κ3) is 2.74. The monoisotopic (exact) mass is 336 g/mol. The van der Waals surface area contributed by atoms with Crippen LogP contribution in [0.5, 0.6) is 0 Å². The number of nitrogens with one attached hydrogen (secondary N) is 1. The molecule has 0 aliphatic heterocycles. The minimum atomic E-state index is -0.643. The molecule has 0 saturated heterocycles. The van der Waals surface area contributed by atoms with Gasteiger partial charge < -0.3 is 0 Å². The van der Waals surface area contributed by atoms with Gasteiger partial charge in [0.15, 0.2) is 11.6 Å². The molecule has 7 heteroatoms. The Morgan fingerprint density at radius 1 is 1.28 bits per heavy atom. The van der Waals surface area contributed by atoms with Crippen LogP contribution in [0.1, 0.15) is 28.4 Å². The van der Waals surface area contributed by atoms with Crippen LogP contribution in [0, 0.1) is 24.1 Å². The van der Waals surface area contributed by atoms with E-state index in [-0.39, 0.29) is 22.5 Å². The highest BCUT2D eigenvalue weighted by molar-refractivity contribution is 5.93. The summed E-state index contributed by atoms with van der Waals surface area (Å²) in [7, 11) is 0. The van der Waals surface area contributed by atoms with Crippen molar-refractivity contribution in [2.24, 2.45) is 0 Å². The minimum absolute atomic E-state index is 0.0707. The standard InChI is InChI=1S/C18H13FN4O2/c1-10-14(5-3-12(7-20)17(10)19)15-9-22-23(18(15)25)16-6-4-13(8-21-16)11(2)24/h3-6,8-9,22H,1-2H3. The lowest BCUT2D eigenvalue weighted by molar-refractivity contribution is 0.101. The zero-order valence-corrected chi connectivity index (χ0v) is 13.5. The Labute approximate surface area is 142 Å². The van der Waals surface area contributed by atoms with Crippen LogP contribution in [0.25, 0.3) is 16.9 Å². The van der Waals surface area contributed by atoms with Crippen LogP contribution >= 0.6 is 0 Å². The Morgan fingerprint density at radius 3 is 2.64 bits per heavy atom. The van der Waals surface area contributed by atoms with Crippen LogP contribution in [-0.2, 0) is 0 Å². The first-order chi connectivity index (χ1) is 11.9. The molecule has 0 spiro atoms. The van der Waals surface area contributed by atoms with E-state index in [2.05, 4.69) is 10.1 Å². The third-order valence-electron chi connectivity index (χ3n) is 3.95. The van der Waals surface area contributed by atoms with E-state index in [4.69, 9.17) is 5.26 Å². The van der Waals surface area contributed by atoms with Gasteiger partial charge in [0, 0.05) is 18.0 Å². The number of hydrogen-bond donors (Lipinski definition) is 1. The lowest BCUT2D eigenvalue weighted by atomic mass is 10.0. The summed E-state index contributed by atoms with van der Waals surface area (Å²) in [4.78, 5) is 28.0. The van der Waals surface area contributed by atoms with Gasteiger partial charge in [-0.25, -0.2) is 14.1 Å². The van der Waals surface area contributed by atoms with Gasteiger partial charge in [-0.3, -0.25) is 14.7 Å². The second-order valence-corrected chi connectivity index (χ2v) is 5.50. The molecule has 0 unspecified atom stereocenters. The van der Waals surface area contributed by atoms with Crippen LogP contribution in [0.4, 0.5) is 4.39 Å². The van der Waals surface area contributed by atoms with Gasteiger partial charge in [0.25, 0.3) is 5.56 Å². The predicted molar refractivity (Wildman–Crippen MR) is 89.0 cm³/mol. The maximum absolute atomic E-state index is 14.1. The molecule has 0 atom stereocenters. The maximum Gasteiger partial charge on any atom is 0.280 e. The number of pyridine rings is 1. The van der Waals surface area contributed by atoms with Gasteiger partial charge in [0.05, 0.1) is 11.1 Å². The van der Waals surface area contributed by atoms with E-state index < -0.39 is 11.4 Å². The van der Waals surface area contributed by atoms with Crippen LogP contribution in [0.15, 0.2) is 41.5 Å². The molecule has 25 heavy (non-hydrogen) atoms. The van der Waals surface area contributed by atoms with Crippen LogP contribution in [0.2, 0.25) is 0 Å². The van der Waals surface area contributed by atoms with Crippen molar-refractivity contribution in [3.8, 4) is 23.0 Å². The van der Waals surface area contributed by atoms with E-state index >= 15 is 0 Å². The average molecular weight is 336 g/mol. The predicted octanol–water partition coefficient (Wildman–Crippen LogP) is 2.75. The summed E-state index contributed by atoms with van der Waals surface area (Å²) in [6.07, 6.45) is 2.84. The van der Waals surface area contributed by atoms with E-state index in [0.717, 1.165) is 0 Å². The first-order valence-electron chi connectivity index (χ1n) is 7.41. The van der Waals surface area contributed by atoms with E-state index in [0.29, 0.717) is 16.9 Å². The number of carbonyl (C=O) groups excluding carboxylic acids is 1. The molecule has 3 rings (SSSR count). The highest BCUT2D eigenvalue weighted by Crippen LogP contribution is 2.24. The minimum Gasteiger partial charge on any atom is -0.296 e. The number of H-pyrrole nitrogens is 1. The summed E-state index contributed by atoms with van der Waals surface area (Å²) < 4.78 is 15.3. The molecule has 1 aromatic carbocycles. The van der Waals surface area contributed by atoms with Crippen molar-refractivity contribution in [1.29, 1.82) is 5.26 Å². The molecule has 6 nitrogen and oxygen atoms in total. The molecule has 0 saturated carbocycles. The number of nitrogens with zero attached hydrogens (tertiary/aromatic N) is 3. The van der Waals surface area contributed by atoms with Crippen molar-refractivity contribution < 1.29 is 9.18 Å². The zero-order valence-electron chi connectivity index (χ0n) is 13.5. The van der Waals surface area contributed by atoms with Crippen molar-refractivity contribution in [3.05, 3.63) is 69.5 Å². The summed E-state index contributed by atoms with van der Waals surface area (Å²) in [5, 5.41) is 11.7. The molecule has 0 radical (unpaired) electrons. The first kappa shape index (κ1) is 16.3. The Balaban J connectivity index is 2.08. The van der Waals surface area contributed by atoms with E-state index in [1.807, 2.05) is 0 Å². The largest absolute Gasteiger partial charge is 0.296 e. The molecule has 0 fully saturated rings. The highest BCUT2D eigenvalue weighted by Gasteiger charge is 2.16. The SMILES string of the molecule is CC(=O)c1ccc(-n2[nH]cc(-c3ccc(C#N)c(F)c3C)c2=O)nc1. The van der Waals surface area contributed by atoms with Gasteiger partial charge >= 0.3 is 0 Å². The van der Waals surface area contributed by atoms with Gasteiger partial charge in [-0.15, -0.1) is 0 Å². The fraction of sp³-hybridized carbons (Fsp3) is 0.111. The number of Topliss-reactive ketones (excluding diaryl/α,β-unsaturated/α-hetero) is 1. The number of nitriles is 1. The Hall–Kier alpha value is -3.53. The average Bonchev–Trinajstić information content (AvgIpc) is 2.99. The van der Waals surface area contributed by atoms with Crippen LogP contribution < -0.4 is 5.56 Å². The molecule has 0 aliphatic rings. The molecular formula is C18H13FN4O2. The van der Waals surface area contributed by atoms with Crippen LogP contribution in [0.3, 0.4) is 0 Å². The van der Waals surface area contributed by atoms with Gasteiger partial charge in [-0.2, -0.15) is 5.26 Å². The smallest absolute Gasteiger partial charge is 0.280 e. The lowest BCUT2D eigenvalue weighted by Gasteiger charge is -2.05. The molecule has 0 aliphatic carbocycles. The Kier molecular flexibility index (Phi) is 4.03. The van der Waals surface area contributed by atoms with Gasteiger partial charge in [-0.05, 0) is 43.2 Å². The second-order valence-electron chi connectivity index (χ2n) is 5.50. The van der Waals surface area contributed by atoms with Crippen molar-refractivity contribution >= 4 is 5.78 Å². The zero-order chi connectivity index (χ0) is 18.1. The van der Waals surface area contributed by atoms with Gasteiger partial charge in [-0.1, -0.05) is 6.07 Å². The van der Waals surface area contributed by atoms with Crippen LogP contribution in [-0.4, -0.2) is 20.5 Å². The third-order valence-corrected chi connectivity index (χ3v) is 3.95. The van der Waals surface area contributed by atoms with Gasteiger partial charge in [0.1, 0.15) is 11.9 Å². The molecule has 2 aromatic heterocycles. The van der Waals surface area contributed by atoms with E-state index in [9.17, 15) is 14.0 Å². The number of rotatable bonds is 3.